The Morgan fingerprint density at radius 1 is 1.29 bits per heavy atom. The number of rotatable bonds is 8. The molecule has 0 heterocycles. The lowest BCUT2D eigenvalue weighted by Gasteiger charge is -2.13. The van der Waals surface area contributed by atoms with E-state index in [0.717, 1.165) is 19.4 Å². The molecule has 0 radical (unpaired) electrons. The summed E-state index contributed by atoms with van der Waals surface area (Å²) >= 11 is 0. The Balaban J connectivity index is 3.48. The van der Waals surface area contributed by atoms with Gasteiger partial charge in [-0.2, -0.15) is 0 Å². The average molecular weight is 201 g/mol. The molecule has 84 valence electrons. The van der Waals surface area contributed by atoms with Gasteiger partial charge in [0.1, 0.15) is 6.04 Å². The van der Waals surface area contributed by atoms with Gasteiger partial charge in [0.2, 0.25) is 0 Å². The zero-order valence-electron chi connectivity index (χ0n) is 9.64. The van der Waals surface area contributed by atoms with Crippen molar-refractivity contribution in [3.8, 4) is 0 Å². The lowest BCUT2D eigenvalue weighted by molar-refractivity contribution is -0.143. The van der Waals surface area contributed by atoms with Crippen LogP contribution in [0, 0.1) is 0 Å². The summed E-state index contributed by atoms with van der Waals surface area (Å²) in [6, 6.07) is -0.123. The van der Waals surface area contributed by atoms with E-state index in [1.54, 1.807) is 0 Å². The SMILES string of the molecule is CCCCCCNC(CC)C(=O)OC. The highest BCUT2D eigenvalue weighted by Gasteiger charge is 2.14. The lowest BCUT2D eigenvalue weighted by Crippen LogP contribution is -2.37. The third-order valence-electron chi connectivity index (χ3n) is 2.32. The van der Waals surface area contributed by atoms with Crippen LogP contribution in [-0.2, 0) is 9.53 Å². The number of hydrogen-bond acceptors (Lipinski definition) is 3. The molecule has 0 aliphatic carbocycles. The highest BCUT2D eigenvalue weighted by atomic mass is 16.5. The molecular weight excluding hydrogens is 178 g/mol. The van der Waals surface area contributed by atoms with E-state index in [1.807, 2.05) is 6.92 Å². The van der Waals surface area contributed by atoms with Gasteiger partial charge < -0.3 is 10.1 Å². The van der Waals surface area contributed by atoms with Crippen LogP contribution in [0.3, 0.4) is 0 Å². The van der Waals surface area contributed by atoms with Gasteiger partial charge in [-0.25, -0.2) is 0 Å². The fraction of sp³-hybridized carbons (Fsp3) is 0.909. The van der Waals surface area contributed by atoms with Gasteiger partial charge in [0.05, 0.1) is 7.11 Å². The highest BCUT2D eigenvalue weighted by Crippen LogP contribution is 1.99. The minimum atomic E-state index is -0.150. The highest BCUT2D eigenvalue weighted by molar-refractivity contribution is 5.75. The molecule has 0 bridgehead atoms. The Kier molecular flexibility index (Phi) is 8.64. The van der Waals surface area contributed by atoms with Crippen molar-refractivity contribution in [2.45, 2.75) is 52.0 Å². The van der Waals surface area contributed by atoms with Gasteiger partial charge in [0.25, 0.3) is 0 Å². The van der Waals surface area contributed by atoms with E-state index in [4.69, 9.17) is 0 Å². The molecule has 0 amide bonds. The van der Waals surface area contributed by atoms with E-state index in [1.165, 1.54) is 26.4 Å². The second-order valence-corrected chi connectivity index (χ2v) is 3.50. The van der Waals surface area contributed by atoms with Crippen molar-refractivity contribution in [1.82, 2.24) is 5.32 Å². The Morgan fingerprint density at radius 2 is 2.00 bits per heavy atom. The fourth-order valence-corrected chi connectivity index (χ4v) is 1.36. The molecule has 0 saturated heterocycles. The zero-order chi connectivity index (χ0) is 10.8. The molecule has 1 unspecified atom stereocenters. The van der Waals surface area contributed by atoms with Crippen LogP contribution in [0.1, 0.15) is 46.0 Å². The monoisotopic (exact) mass is 201 g/mol. The first kappa shape index (κ1) is 13.4. The summed E-state index contributed by atoms with van der Waals surface area (Å²) in [6.45, 7) is 5.09. The molecule has 3 nitrogen and oxygen atoms in total. The molecule has 0 aromatic rings. The van der Waals surface area contributed by atoms with Gasteiger partial charge in [-0.05, 0) is 19.4 Å². The maximum Gasteiger partial charge on any atom is 0.322 e. The summed E-state index contributed by atoms with van der Waals surface area (Å²) in [7, 11) is 1.43. The van der Waals surface area contributed by atoms with Gasteiger partial charge >= 0.3 is 5.97 Å². The Hall–Kier alpha value is -0.570. The fourth-order valence-electron chi connectivity index (χ4n) is 1.36. The molecule has 1 N–H and O–H groups in total. The molecule has 3 heteroatoms. The minimum absolute atomic E-state index is 0.123. The number of unbranched alkanes of at least 4 members (excludes halogenated alkanes) is 3. The number of hydrogen-bond donors (Lipinski definition) is 1. The van der Waals surface area contributed by atoms with E-state index >= 15 is 0 Å². The Morgan fingerprint density at radius 3 is 2.50 bits per heavy atom. The molecular formula is C11H23NO2. The number of methoxy groups -OCH3 is 1. The molecule has 1 atom stereocenters. The number of esters is 1. The maximum atomic E-state index is 11.2. The van der Waals surface area contributed by atoms with Crippen molar-refractivity contribution in [2.24, 2.45) is 0 Å². The van der Waals surface area contributed by atoms with Crippen LogP contribution < -0.4 is 5.32 Å². The van der Waals surface area contributed by atoms with E-state index in [2.05, 4.69) is 17.0 Å². The van der Waals surface area contributed by atoms with Gasteiger partial charge in [-0.1, -0.05) is 33.1 Å². The van der Waals surface area contributed by atoms with Crippen LogP contribution in [0.4, 0.5) is 0 Å². The van der Waals surface area contributed by atoms with Gasteiger partial charge in [0, 0.05) is 0 Å². The van der Waals surface area contributed by atoms with Gasteiger partial charge in [-0.15, -0.1) is 0 Å². The van der Waals surface area contributed by atoms with Crippen molar-refractivity contribution in [3.05, 3.63) is 0 Å². The first-order valence-electron chi connectivity index (χ1n) is 5.57. The van der Waals surface area contributed by atoms with Gasteiger partial charge in [0.15, 0.2) is 0 Å². The summed E-state index contributed by atoms with van der Waals surface area (Å²) in [5.74, 6) is -0.150. The minimum Gasteiger partial charge on any atom is -0.468 e. The lowest BCUT2D eigenvalue weighted by atomic mass is 10.2. The quantitative estimate of drug-likeness (QED) is 0.483. The first-order chi connectivity index (χ1) is 6.76. The molecule has 0 saturated carbocycles. The third kappa shape index (κ3) is 5.97. The second-order valence-electron chi connectivity index (χ2n) is 3.50. The number of carbonyl (C=O) groups is 1. The van der Waals surface area contributed by atoms with Crippen molar-refractivity contribution in [3.63, 3.8) is 0 Å². The molecule has 0 fully saturated rings. The molecule has 0 spiro atoms. The van der Waals surface area contributed by atoms with Crippen LogP contribution in [0.15, 0.2) is 0 Å². The summed E-state index contributed by atoms with van der Waals surface area (Å²) in [4.78, 5) is 11.2. The third-order valence-corrected chi connectivity index (χ3v) is 2.32. The number of carbonyl (C=O) groups excluding carboxylic acids is 1. The summed E-state index contributed by atoms with van der Waals surface area (Å²) in [6.07, 6.45) is 5.69. The molecule has 0 aromatic carbocycles. The van der Waals surface area contributed by atoms with Crippen LogP contribution in [0.25, 0.3) is 0 Å². The smallest absolute Gasteiger partial charge is 0.322 e. The molecule has 0 aromatic heterocycles. The van der Waals surface area contributed by atoms with Crippen molar-refractivity contribution in [2.75, 3.05) is 13.7 Å². The number of ether oxygens (including phenoxy) is 1. The van der Waals surface area contributed by atoms with Crippen molar-refractivity contribution >= 4 is 5.97 Å². The Bertz CT molecular complexity index is 148. The predicted molar refractivity (Wildman–Crippen MR) is 58.2 cm³/mol. The van der Waals surface area contributed by atoms with Crippen LogP contribution >= 0.6 is 0 Å². The van der Waals surface area contributed by atoms with E-state index < -0.39 is 0 Å². The summed E-state index contributed by atoms with van der Waals surface area (Å²) in [5.41, 5.74) is 0. The van der Waals surface area contributed by atoms with Crippen LogP contribution in [0.5, 0.6) is 0 Å². The average Bonchev–Trinajstić information content (AvgIpc) is 2.22. The first-order valence-corrected chi connectivity index (χ1v) is 5.57. The normalized spacial score (nSPS) is 12.5. The standard InChI is InChI=1S/C11H23NO2/c1-4-6-7-8-9-12-10(5-2)11(13)14-3/h10,12H,4-9H2,1-3H3. The van der Waals surface area contributed by atoms with Crippen LogP contribution in [0.2, 0.25) is 0 Å². The van der Waals surface area contributed by atoms with E-state index in [0.29, 0.717) is 0 Å². The maximum absolute atomic E-state index is 11.2. The van der Waals surface area contributed by atoms with Gasteiger partial charge in [-0.3, -0.25) is 4.79 Å². The number of nitrogens with one attached hydrogen (secondary N) is 1. The van der Waals surface area contributed by atoms with Crippen LogP contribution in [-0.4, -0.2) is 25.7 Å². The van der Waals surface area contributed by atoms with Crippen molar-refractivity contribution < 1.29 is 9.53 Å². The van der Waals surface area contributed by atoms with E-state index in [9.17, 15) is 4.79 Å². The largest absolute Gasteiger partial charge is 0.468 e. The van der Waals surface area contributed by atoms with E-state index in [-0.39, 0.29) is 12.0 Å². The molecule has 14 heavy (non-hydrogen) atoms. The van der Waals surface area contributed by atoms with Crippen molar-refractivity contribution in [1.29, 1.82) is 0 Å². The second kappa shape index (κ2) is 9.00. The molecule has 0 aliphatic rings. The zero-order valence-corrected chi connectivity index (χ0v) is 9.64. The summed E-state index contributed by atoms with van der Waals surface area (Å²) < 4.78 is 4.68. The predicted octanol–water partition coefficient (Wildman–Crippen LogP) is 2.11. The topological polar surface area (TPSA) is 38.3 Å². The summed E-state index contributed by atoms with van der Waals surface area (Å²) in [5, 5.41) is 3.20. The Labute approximate surface area is 87.2 Å². The molecule has 0 rings (SSSR count). The molecule has 0 aliphatic heterocycles.